The molecule has 0 bridgehead atoms. The fourth-order valence-corrected chi connectivity index (χ4v) is 3.60. The van der Waals surface area contributed by atoms with Gasteiger partial charge in [0.25, 0.3) is 0 Å². The van der Waals surface area contributed by atoms with Crippen molar-refractivity contribution in [2.45, 2.75) is 12.8 Å². The van der Waals surface area contributed by atoms with Crippen molar-refractivity contribution in [2.75, 3.05) is 5.33 Å². The van der Waals surface area contributed by atoms with Crippen molar-refractivity contribution in [3.05, 3.63) is 120 Å². The van der Waals surface area contributed by atoms with E-state index in [1.54, 1.807) is 24.3 Å². The maximum absolute atomic E-state index is 9.65. The molecule has 0 aliphatic carbocycles. The largest absolute Gasteiger partial charge is 0.748 e. The first-order valence-electron chi connectivity index (χ1n) is 9.95. The molecule has 0 atom stereocenters. The van der Waals surface area contributed by atoms with Gasteiger partial charge >= 0.3 is 0 Å². The van der Waals surface area contributed by atoms with Crippen molar-refractivity contribution in [3.8, 4) is 11.5 Å². The van der Waals surface area contributed by atoms with Crippen molar-refractivity contribution in [3.63, 3.8) is 0 Å². The number of allylic oxidation sites excluding steroid dienone is 1. The van der Waals surface area contributed by atoms with Crippen LogP contribution in [0.5, 0.6) is 11.5 Å². The second-order valence-corrected chi connectivity index (χ2v) is 7.67. The molecule has 166 valence electrons. The Morgan fingerprint density at radius 1 is 0.742 bits per heavy atom. The van der Waals surface area contributed by atoms with Crippen LogP contribution in [0.3, 0.4) is 0 Å². The van der Waals surface area contributed by atoms with Gasteiger partial charge in [0, 0.05) is 22.4 Å². The third-order valence-corrected chi connectivity index (χ3v) is 5.30. The number of halogens is 1. The summed E-state index contributed by atoms with van der Waals surface area (Å²) in [6, 6.07) is 33.0. The fourth-order valence-electron chi connectivity index (χ4n) is 3.32. The van der Waals surface area contributed by atoms with Gasteiger partial charge in [-0.1, -0.05) is 56.9 Å². The summed E-state index contributed by atoms with van der Waals surface area (Å²) in [5.41, 5.74) is 5.70. The average molecular weight is 517 g/mol. The van der Waals surface area contributed by atoms with Crippen LogP contribution < -0.4 is 0 Å². The van der Waals surface area contributed by atoms with E-state index in [9.17, 15) is 10.2 Å². The van der Waals surface area contributed by atoms with E-state index in [0.717, 1.165) is 34.9 Å². The Morgan fingerprint density at radius 2 is 1.16 bits per heavy atom. The predicted octanol–water partition coefficient (Wildman–Crippen LogP) is 7.35. The Morgan fingerprint density at radius 3 is 1.55 bits per heavy atom. The van der Waals surface area contributed by atoms with Crippen molar-refractivity contribution in [1.82, 2.24) is 0 Å². The van der Waals surface area contributed by atoms with Gasteiger partial charge in [-0.3, -0.25) is 0 Å². The Kier molecular flexibility index (Phi) is 10.4. The van der Waals surface area contributed by atoms with Crippen LogP contribution in [0, 0.1) is 0 Å². The summed E-state index contributed by atoms with van der Waals surface area (Å²) in [7, 11) is 0. The molecule has 31 heavy (non-hydrogen) atoms. The van der Waals surface area contributed by atoms with Crippen LogP contribution in [-0.4, -0.2) is 15.5 Å². The first kappa shape index (κ1) is 24.7. The second-order valence-electron chi connectivity index (χ2n) is 6.88. The van der Waals surface area contributed by atoms with Gasteiger partial charge < -0.3 is 40.5 Å². The number of hydrogen-bond acceptors (Lipinski definition) is 2. The molecule has 4 aromatic carbocycles. The third kappa shape index (κ3) is 7.29. The molecule has 0 unspecified atom stereocenters. The molecule has 2 nitrogen and oxygen atoms in total. The van der Waals surface area contributed by atoms with Gasteiger partial charge in [0.15, 0.2) is 0 Å². The van der Waals surface area contributed by atoms with E-state index >= 15 is 0 Å². The minimum absolute atomic E-state index is 0. The molecule has 0 amide bonds. The number of hydrogen-bond donors (Lipinski definition) is 2. The van der Waals surface area contributed by atoms with E-state index in [2.05, 4.69) is 40.2 Å². The molecule has 0 aromatic heterocycles. The number of alkyl halides is 1. The Labute approximate surface area is 203 Å². The van der Waals surface area contributed by atoms with Gasteiger partial charge in [0.1, 0.15) is 11.5 Å². The number of aromatic hydroxyl groups is 2. The summed E-state index contributed by atoms with van der Waals surface area (Å²) in [6.45, 7) is 0. The summed E-state index contributed by atoms with van der Waals surface area (Å²) in [5.74, 6) is 0.508. The molecule has 0 saturated carbocycles. The minimum atomic E-state index is 0. The van der Waals surface area contributed by atoms with Crippen LogP contribution in [0.2, 0.25) is 0 Å². The Bertz CT molecular complexity index is 951. The van der Waals surface area contributed by atoms with Crippen LogP contribution in [0.25, 0.3) is 11.1 Å². The molecular weight excluding hydrogens is 492 g/mol. The van der Waals surface area contributed by atoms with Crippen LogP contribution >= 0.6 is 15.9 Å². The monoisotopic (exact) mass is 516 g/mol. The zero-order valence-corrected chi connectivity index (χ0v) is 19.8. The van der Waals surface area contributed by atoms with Crippen molar-refractivity contribution >= 4 is 27.1 Å². The molecule has 2 N–H and O–H groups in total. The van der Waals surface area contributed by atoms with E-state index in [0.29, 0.717) is 0 Å². The van der Waals surface area contributed by atoms with Gasteiger partial charge in [-0.25, -0.2) is 0 Å². The zero-order chi connectivity index (χ0) is 21.2. The quantitative estimate of drug-likeness (QED) is 0.160. The van der Waals surface area contributed by atoms with Crippen molar-refractivity contribution in [2.24, 2.45) is 0 Å². The predicted molar refractivity (Wildman–Crippen MR) is 129 cm³/mol. The van der Waals surface area contributed by atoms with Crippen molar-refractivity contribution in [1.29, 1.82) is 0 Å². The maximum Gasteiger partial charge on any atom is 0.115 e. The second kappa shape index (κ2) is 13.0. The summed E-state index contributed by atoms with van der Waals surface area (Å²) in [6.07, 6.45) is 1.96. The maximum atomic E-state index is 9.65. The fraction of sp³-hybridized carbons (Fsp3) is 0.111. The molecule has 0 fully saturated rings. The van der Waals surface area contributed by atoms with Gasteiger partial charge in [-0.15, -0.1) is 23.3 Å². The number of phenols is 2. The normalized spacial score (nSPS) is 9.84. The van der Waals surface area contributed by atoms with Crippen LogP contribution in [0.15, 0.2) is 103 Å². The summed E-state index contributed by atoms with van der Waals surface area (Å²) >= 11 is 3.53. The van der Waals surface area contributed by atoms with Gasteiger partial charge in [0.05, 0.1) is 0 Å². The average Bonchev–Trinajstić information content (AvgIpc) is 3.50. The summed E-state index contributed by atoms with van der Waals surface area (Å²) in [5, 5.41) is 20.2. The molecule has 4 aromatic rings. The number of rotatable bonds is 6. The SMILES string of the molecule is Oc1ccc(C(=C(CCCBr)[c-]2cccc2)c2ccc(O)cc2)cc1.[Fe].[cH-]1[cH-][cH-][cH-][cH-]1. The molecular formula is C27H25BrFeO2-6. The first-order chi connectivity index (χ1) is 14.7. The van der Waals surface area contributed by atoms with E-state index in [4.69, 9.17) is 0 Å². The molecule has 4 rings (SSSR count). The zero-order valence-electron chi connectivity index (χ0n) is 17.1. The van der Waals surface area contributed by atoms with Crippen LogP contribution in [-0.2, 0) is 17.1 Å². The van der Waals surface area contributed by atoms with Crippen LogP contribution in [0.4, 0.5) is 0 Å². The van der Waals surface area contributed by atoms with Gasteiger partial charge in [-0.05, 0) is 37.1 Å². The van der Waals surface area contributed by atoms with E-state index < -0.39 is 0 Å². The topological polar surface area (TPSA) is 40.5 Å². The van der Waals surface area contributed by atoms with Crippen LogP contribution in [0.1, 0.15) is 29.5 Å². The minimum Gasteiger partial charge on any atom is -0.748 e. The van der Waals surface area contributed by atoms with Crippen molar-refractivity contribution < 1.29 is 27.3 Å². The molecule has 0 saturated heterocycles. The van der Waals surface area contributed by atoms with Gasteiger partial charge in [-0.2, -0.15) is 12.1 Å². The molecule has 4 heteroatoms. The first-order valence-corrected chi connectivity index (χ1v) is 11.1. The third-order valence-electron chi connectivity index (χ3n) is 4.74. The molecule has 0 aliphatic rings. The molecule has 0 radical (unpaired) electrons. The molecule has 0 aliphatic heterocycles. The molecule has 0 heterocycles. The number of benzene rings is 2. The Balaban J connectivity index is 0.000000501. The van der Waals surface area contributed by atoms with E-state index in [1.807, 2.05) is 54.6 Å². The standard InChI is InChI=1S/C22H20BrO2.C5H5.Fe/c23-15-3-6-21(16-4-1-2-5-16)22(17-7-11-19(24)12-8-17)18-9-13-20(25)14-10-18;1-2-4-5-3-1;/h1-2,4-5,7-14,24-25H,3,6,15H2;1-5H;/q-1;-5;. The van der Waals surface area contributed by atoms with Gasteiger partial charge in [0.2, 0.25) is 0 Å². The molecule has 0 spiro atoms. The Hall–Kier alpha value is -2.52. The van der Waals surface area contributed by atoms with E-state index in [-0.39, 0.29) is 28.6 Å². The van der Waals surface area contributed by atoms with E-state index in [1.165, 1.54) is 11.1 Å². The number of phenolic OH excluding ortho intramolecular Hbond substituents is 2. The smallest absolute Gasteiger partial charge is 0.115 e. The summed E-state index contributed by atoms with van der Waals surface area (Å²) in [4.78, 5) is 0. The summed E-state index contributed by atoms with van der Waals surface area (Å²) < 4.78 is 0.